The molecule has 208 valence electrons. The van der Waals surface area contributed by atoms with Gasteiger partial charge in [-0.1, -0.05) is 50.6 Å². The van der Waals surface area contributed by atoms with E-state index in [-0.39, 0.29) is 43.9 Å². The number of hydrogen-bond acceptors (Lipinski definition) is 6. The van der Waals surface area contributed by atoms with E-state index in [1.54, 1.807) is 23.1 Å². The zero-order chi connectivity index (χ0) is 27.9. The first-order valence-electron chi connectivity index (χ1n) is 13.0. The number of anilines is 1. The van der Waals surface area contributed by atoms with E-state index in [9.17, 15) is 18.0 Å². The zero-order valence-corrected chi connectivity index (χ0v) is 23.7. The maximum Gasteiger partial charge on any atom is 0.242 e. The number of nitrogens with zero attached hydrogens (tertiary/aromatic N) is 2. The highest BCUT2D eigenvalue weighted by Crippen LogP contribution is 2.36. The van der Waals surface area contributed by atoms with E-state index in [4.69, 9.17) is 9.47 Å². The van der Waals surface area contributed by atoms with E-state index in [1.165, 1.54) is 4.31 Å². The minimum absolute atomic E-state index is 0.0896. The first-order chi connectivity index (χ1) is 18.0. The van der Waals surface area contributed by atoms with Gasteiger partial charge in [0.1, 0.15) is 6.04 Å². The summed E-state index contributed by atoms with van der Waals surface area (Å²) in [6.45, 7) is 8.94. The molecule has 2 aromatic carbocycles. The van der Waals surface area contributed by atoms with Crippen molar-refractivity contribution in [3.63, 3.8) is 0 Å². The average molecular weight is 546 g/mol. The topological polar surface area (TPSA) is 105 Å². The van der Waals surface area contributed by atoms with Gasteiger partial charge in [0, 0.05) is 32.1 Å². The Morgan fingerprint density at radius 3 is 2.37 bits per heavy atom. The lowest BCUT2D eigenvalue weighted by molar-refractivity contribution is -0.141. The summed E-state index contributed by atoms with van der Waals surface area (Å²) >= 11 is 0. The number of amides is 2. The molecule has 1 N–H and O–H groups in total. The molecule has 0 unspecified atom stereocenters. The highest BCUT2D eigenvalue weighted by molar-refractivity contribution is 7.92. The second-order valence-corrected chi connectivity index (χ2v) is 12.0. The van der Waals surface area contributed by atoms with E-state index >= 15 is 0 Å². The van der Waals surface area contributed by atoms with Gasteiger partial charge in [-0.15, -0.1) is 0 Å². The van der Waals surface area contributed by atoms with E-state index in [2.05, 4.69) is 5.32 Å². The van der Waals surface area contributed by atoms with Gasteiger partial charge in [-0.2, -0.15) is 0 Å². The van der Waals surface area contributed by atoms with Gasteiger partial charge in [-0.25, -0.2) is 8.42 Å². The van der Waals surface area contributed by atoms with Crippen LogP contribution in [0.4, 0.5) is 5.69 Å². The number of nitrogens with one attached hydrogen (secondary N) is 1. The van der Waals surface area contributed by atoms with Gasteiger partial charge in [-0.3, -0.25) is 13.9 Å². The largest absolute Gasteiger partial charge is 0.454 e. The molecule has 0 aliphatic carbocycles. The van der Waals surface area contributed by atoms with E-state index < -0.39 is 16.1 Å². The number of hydrogen-bond donors (Lipinski definition) is 1. The zero-order valence-electron chi connectivity index (χ0n) is 22.9. The highest BCUT2D eigenvalue weighted by Gasteiger charge is 2.29. The van der Waals surface area contributed by atoms with Crippen LogP contribution in [0.5, 0.6) is 11.5 Å². The van der Waals surface area contributed by atoms with Gasteiger partial charge in [0.2, 0.25) is 28.6 Å². The molecular weight excluding hydrogens is 506 g/mol. The Balaban J connectivity index is 1.75. The summed E-state index contributed by atoms with van der Waals surface area (Å²) in [5, 5.41) is 2.96. The molecule has 0 fully saturated rings. The molecule has 3 rings (SSSR count). The molecule has 10 heteroatoms. The lowest BCUT2D eigenvalue weighted by atomic mass is 10.1. The van der Waals surface area contributed by atoms with Gasteiger partial charge in [0.15, 0.2) is 11.5 Å². The Bertz CT molecular complexity index is 1210. The van der Waals surface area contributed by atoms with Crippen molar-refractivity contribution in [2.75, 3.05) is 30.4 Å². The molecule has 2 aromatic rings. The Hall–Kier alpha value is -3.27. The first-order valence-corrected chi connectivity index (χ1v) is 14.8. The van der Waals surface area contributed by atoms with E-state index in [0.717, 1.165) is 17.4 Å². The smallest absolute Gasteiger partial charge is 0.242 e. The van der Waals surface area contributed by atoms with Crippen LogP contribution < -0.4 is 19.1 Å². The molecule has 0 saturated carbocycles. The van der Waals surface area contributed by atoms with Crippen LogP contribution in [0, 0.1) is 12.8 Å². The van der Waals surface area contributed by atoms with Crippen molar-refractivity contribution in [3.8, 4) is 11.5 Å². The van der Waals surface area contributed by atoms with Gasteiger partial charge in [-0.05, 0) is 43.4 Å². The van der Waals surface area contributed by atoms with Crippen LogP contribution in [0.15, 0.2) is 42.5 Å². The molecule has 1 atom stereocenters. The monoisotopic (exact) mass is 545 g/mol. The van der Waals surface area contributed by atoms with Crippen molar-refractivity contribution in [2.45, 2.75) is 59.5 Å². The Morgan fingerprint density at radius 1 is 1.05 bits per heavy atom. The van der Waals surface area contributed by atoms with Gasteiger partial charge in [0.25, 0.3) is 0 Å². The summed E-state index contributed by atoms with van der Waals surface area (Å²) in [5.41, 5.74) is 2.48. The molecule has 9 nitrogen and oxygen atoms in total. The molecule has 1 heterocycles. The number of ether oxygens (including phenoxy) is 2. The number of fused-ring (bicyclic) bond motifs is 1. The van der Waals surface area contributed by atoms with Gasteiger partial charge < -0.3 is 19.7 Å². The molecule has 2 amide bonds. The van der Waals surface area contributed by atoms with Crippen molar-refractivity contribution in [1.29, 1.82) is 0 Å². The first kappa shape index (κ1) is 29.3. The minimum atomic E-state index is -3.61. The summed E-state index contributed by atoms with van der Waals surface area (Å²) in [5.74, 6) is 0.951. The van der Waals surface area contributed by atoms with Crippen molar-refractivity contribution >= 4 is 27.5 Å². The van der Waals surface area contributed by atoms with Crippen molar-refractivity contribution in [1.82, 2.24) is 10.2 Å². The fourth-order valence-corrected chi connectivity index (χ4v) is 5.23. The van der Waals surface area contributed by atoms with E-state index in [0.29, 0.717) is 36.7 Å². The highest BCUT2D eigenvalue weighted by atomic mass is 32.2. The molecule has 38 heavy (non-hydrogen) atoms. The maximum absolute atomic E-state index is 13.5. The minimum Gasteiger partial charge on any atom is -0.454 e. The van der Waals surface area contributed by atoms with Crippen LogP contribution in [-0.2, 0) is 26.2 Å². The second kappa shape index (κ2) is 13.0. The third-order valence-corrected chi connectivity index (χ3v) is 7.53. The molecule has 1 aliphatic heterocycles. The van der Waals surface area contributed by atoms with E-state index in [1.807, 2.05) is 52.0 Å². The Labute approximate surface area is 226 Å². The number of aryl methyl sites for hydroxylation is 1. The predicted molar refractivity (Wildman–Crippen MR) is 148 cm³/mol. The molecule has 0 spiro atoms. The summed E-state index contributed by atoms with van der Waals surface area (Å²) < 4.78 is 37.2. The number of benzene rings is 2. The van der Waals surface area contributed by atoms with Gasteiger partial charge >= 0.3 is 0 Å². The molecule has 0 radical (unpaired) electrons. The standard InChI is InChI=1S/C28H39N3O6S/c1-6-24(28(33)29-17-20(2)3)30(18-22-11-9-21(4)10-12-22)27(32)8-7-15-31(38(5,34)35)23-13-14-25-26(16-23)37-19-36-25/h9-14,16,20,24H,6-8,15,17-19H2,1-5H3,(H,29,33)/t24-/m1/s1. The van der Waals surface area contributed by atoms with Crippen LogP contribution in [-0.4, -0.2) is 57.3 Å². The predicted octanol–water partition coefficient (Wildman–Crippen LogP) is 3.85. The number of carbonyl (C=O) groups excluding carboxylic acids is 2. The molecule has 0 bridgehead atoms. The molecular formula is C28H39N3O6S. The SMILES string of the molecule is CC[C@H](C(=O)NCC(C)C)N(Cc1ccc(C)cc1)C(=O)CCCN(c1ccc2c(c1)OCO2)S(C)(=O)=O. The Kier molecular flexibility index (Phi) is 10.0. The fraction of sp³-hybridized carbons (Fsp3) is 0.500. The second-order valence-electron chi connectivity index (χ2n) is 10.0. The third-order valence-electron chi connectivity index (χ3n) is 6.34. The Morgan fingerprint density at radius 2 is 1.74 bits per heavy atom. The lowest BCUT2D eigenvalue weighted by Gasteiger charge is -2.31. The summed E-state index contributed by atoms with van der Waals surface area (Å²) in [6.07, 6.45) is 1.98. The number of carbonyl (C=O) groups is 2. The van der Waals surface area contributed by atoms with Crippen molar-refractivity contribution in [2.24, 2.45) is 5.92 Å². The van der Waals surface area contributed by atoms with Crippen LogP contribution in [0.25, 0.3) is 0 Å². The van der Waals surface area contributed by atoms with Crippen LogP contribution >= 0.6 is 0 Å². The van der Waals surface area contributed by atoms with Crippen LogP contribution in [0.3, 0.4) is 0 Å². The van der Waals surface area contributed by atoms with Crippen LogP contribution in [0.2, 0.25) is 0 Å². The average Bonchev–Trinajstić information content (AvgIpc) is 3.33. The summed E-state index contributed by atoms with van der Waals surface area (Å²) in [4.78, 5) is 28.2. The van der Waals surface area contributed by atoms with Crippen LogP contribution in [0.1, 0.15) is 51.2 Å². The summed E-state index contributed by atoms with van der Waals surface area (Å²) in [6, 6.07) is 12.2. The van der Waals surface area contributed by atoms with Crippen molar-refractivity contribution < 1.29 is 27.5 Å². The van der Waals surface area contributed by atoms with Crippen molar-refractivity contribution in [3.05, 3.63) is 53.6 Å². The molecule has 1 aliphatic rings. The normalized spacial score (nSPS) is 13.3. The number of sulfonamides is 1. The maximum atomic E-state index is 13.5. The molecule has 0 aromatic heterocycles. The number of rotatable bonds is 13. The fourth-order valence-electron chi connectivity index (χ4n) is 4.28. The quantitative estimate of drug-likeness (QED) is 0.410. The molecule has 0 saturated heterocycles. The third kappa shape index (κ3) is 7.86. The lowest BCUT2D eigenvalue weighted by Crippen LogP contribution is -2.49. The summed E-state index contributed by atoms with van der Waals surface area (Å²) in [7, 11) is -3.61. The van der Waals surface area contributed by atoms with Gasteiger partial charge in [0.05, 0.1) is 11.9 Å².